The molecule has 1 saturated carbocycles. The van der Waals surface area contributed by atoms with Crippen LogP contribution in [0.15, 0.2) is 29.2 Å². The molecule has 3 atom stereocenters. The molecule has 26 heavy (non-hydrogen) atoms. The van der Waals surface area contributed by atoms with E-state index in [1.807, 2.05) is 29.9 Å². The van der Waals surface area contributed by atoms with Gasteiger partial charge in [-0.2, -0.15) is 0 Å². The standard InChI is InChI=1S/C18H21N5O3/c1-10-19-14(7-16(25)20-10)18(26)23-8-12-13(9-23)17(12)21-15(24)6-11-4-3-5-22(11)2/h3-5,7,12-13,17H,6,8-9H2,1-2H3,(H,21,24)(H,19,20,25)/t12-,13+,17?. The number of amides is 2. The van der Waals surface area contributed by atoms with Gasteiger partial charge in [-0.05, 0) is 19.1 Å². The van der Waals surface area contributed by atoms with Gasteiger partial charge in [-0.15, -0.1) is 0 Å². The molecule has 2 aromatic rings. The predicted molar refractivity (Wildman–Crippen MR) is 93.5 cm³/mol. The molecule has 0 aromatic carbocycles. The maximum absolute atomic E-state index is 12.5. The number of likely N-dealkylation sites (tertiary alicyclic amines) is 1. The zero-order chi connectivity index (χ0) is 18.4. The van der Waals surface area contributed by atoms with Crippen molar-refractivity contribution in [1.29, 1.82) is 0 Å². The number of piperidine rings is 1. The molecule has 1 unspecified atom stereocenters. The van der Waals surface area contributed by atoms with Crippen LogP contribution in [0.2, 0.25) is 0 Å². The average molecular weight is 355 g/mol. The molecule has 4 rings (SSSR count). The van der Waals surface area contributed by atoms with Gasteiger partial charge in [-0.1, -0.05) is 0 Å². The number of rotatable bonds is 4. The van der Waals surface area contributed by atoms with Crippen molar-refractivity contribution in [3.05, 3.63) is 52.0 Å². The van der Waals surface area contributed by atoms with E-state index in [-0.39, 0.29) is 29.1 Å². The predicted octanol–water partition coefficient (Wildman–Crippen LogP) is -0.154. The first-order valence-electron chi connectivity index (χ1n) is 8.69. The molecule has 8 heteroatoms. The fourth-order valence-corrected chi connectivity index (χ4v) is 3.84. The first-order valence-corrected chi connectivity index (χ1v) is 8.69. The molecule has 1 aliphatic heterocycles. The molecular formula is C18H21N5O3. The van der Waals surface area contributed by atoms with Crippen molar-refractivity contribution >= 4 is 11.8 Å². The second-order valence-electron chi connectivity index (χ2n) is 7.13. The summed E-state index contributed by atoms with van der Waals surface area (Å²) >= 11 is 0. The quantitative estimate of drug-likeness (QED) is 0.796. The summed E-state index contributed by atoms with van der Waals surface area (Å²) in [6.45, 7) is 2.83. The zero-order valence-corrected chi connectivity index (χ0v) is 14.7. The monoisotopic (exact) mass is 355 g/mol. The Morgan fingerprint density at radius 1 is 1.35 bits per heavy atom. The van der Waals surface area contributed by atoms with E-state index >= 15 is 0 Å². The van der Waals surface area contributed by atoms with Crippen LogP contribution in [-0.4, -0.2) is 50.4 Å². The van der Waals surface area contributed by atoms with Crippen LogP contribution in [0.25, 0.3) is 0 Å². The van der Waals surface area contributed by atoms with Crippen LogP contribution in [0, 0.1) is 18.8 Å². The van der Waals surface area contributed by atoms with Crippen LogP contribution in [0.4, 0.5) is 0 Å². The SMILES string of the molecule is Cc1nc(C(=O)N2C[C@@H]3C(NC(=O)Cc4cccn4C)[C@@H]3C2)cc(=O)[nH]1. The number of hydrogen-bond acceptors (Lipinski definition) is 4. The van der Waals surface area contributed by atoms with E-state index in [0.29, 0.717) is 37.2 Å². The number of fused-ring (bicyclic) bond motifs is 1. The van der Waals surface area contributed by atoms with Crippen molar-refractivity contribution < 1.29 is 9.59 Å². The fraction of sp³-hybridized carbons (Fsp3) is 0.444. The number of nitrogens with zero attached hydrogens (tertiary/aromatic N) is 3. The Morgan fingerprint density at radius 2 is 2.08 bits per heavy atom. The minimum Gasteiger partial charge on any atom is -0.354 e. The number of aromatic nitrogens is 3. The number of H-pyrrole nitrogens is 1. The number of aryl methyl sites for hydroxylation is 2. The van der Waals surface area contributed by atoms with Gasteiger partial charge in [0, 0.05) is 56.0 Å². The Labute approximate surface area is 150 Å². The van der Waals surface area contributed by atoms with Crippen LogP contribution < -0.4 is 10.9 Å². The highest BCUT2D eigenvalue weighted by atomic mass is 16.2. The van der Waals surface area contributed by atoms with E-state index in [1.54, 1.807) is 11.8 Å². The number of carbonyl (C=O) groups is 2. The maximum Gasteiger partial charge on any atom is 0.272 e. The van der Waals surface area contributed by atoms with Crippen LogP contribution in [0.1, 0.15) is 22.0 Å². The summed E-state index contributed by atoms with van der Waals surface area (Å²) in [5.74, 6) is 0.797. The molecule has 2 amide bonds. The van der Waals surface area contributed by atoms with Gasteiger partial charge < -0.3 is 19.8 Å². The molecule has 0 radical (unpaired) electrons. The number of carbonyl (C=O) groups excluding carboxylic acids is 2. The van der Waals surface area contributed by atoms with E-state index in [4.69, 9.17) is 0 Å². The minimum absolute atomic E-state index is 0.0101. The van der Waals surface area contributed by atoms with Crippen molar-refractivity contribution in [2.75, 3.05) is 13.1 Å². The van der Waals surface area contributed by atoms with Gasteiger partial charge in [0.1, 0.15) is 11.5 Å². The Hall–Kier alpha value is -2.90. The van der Waals surface area contributed by atoms with Gasteiger partial charge in [-0.3, -0.25) is 14.4 Å². The molecule has 2 fully saturated rings. The molecule has 1 saturated heterocycles. The number of hydrogen-bond donors (Lipinski definition) is 2. The molecule has 2 aromatic heterocycles. The highest BCUT2D eigenvalue weighted by molar-refractivity contribution is 5.92. The smallest absolute Gasteiger partial charge is 0.272 e. The van der Waals surface area contributed by atoms with Crippen molar-refractivity contribution in [3.8, 4) is 0 Å². The average Bonchev–Trinajstić information content (AvgIpc) is 2.92. The lowest BCUT2D eigenvalue weighted by Crippen LogP contribution is -2.38. The third-order valence-corrected chi connectivity index (χ3v) is 5.28. The van der Waals surface area contributed by atoms with Gasteiger partial charge in [0.2, 0.25) is 5.91 Å². The second kappa shape index (κ2) is 6.12. The van der Waals surface area contributed by atoms with E-state index < -0.39 is 0 Å². The summed E-state index contributed by atoms with van der Waals surface area (Å²) in [6, 6.07) is 5.23. The van der Waals surface area contributed by atoms with E-state index in [2.05, 4.69) is 15.3 Å². The van der Waals surface area contributed by atoms with E-state index in [0.717, 1.165) is 5.69 Å². The summed E-state index contributed by atoms with van der Waals surface area (Å²) in [5, 5.41) is 3.08. The lowest BCUT2D eigenvalue weighted by atomic mass is 10.2. The van der Waals surface area contributed by atoms with E-state index in [1.165, 1.54) is 6.07 Å². The highest BCUT2D eigenvalue weighted by Gasteiger charge is 2.57. The second-order valence-corrected chi connectivity index (χ2v) is 7.13. The van der Waals surface area contributed by atoms with Gasteiger partial charge in [0.05, 0.1) is 6.42 Å². The lowest BCUT2D eigenvalue weighted by molar-refractivity contribution is -0.120. The molecule has 136 valence electrons. The normalized spacial score (nSPS) is 23.6. The maximum atomic E-state index is 12.5. The number of nitrogens with one attached hydrogen (secondary N) is 2. The molecule has 2 aliphatic rings. The van der Waals surface area contributed by atoms with Crippen molar-refractivity contribution in [2.24, 2.45) is 18.9 Å². The molecule has 1 aliphatic carbocycles. The van der Waals surface area contributed by atoms with Gasteiger partial charge in [0.25, 0.3) is 11.5 Å². The number of aromatic amines is 1. The molecule has 0 spiro atoms. The van der Waals surface area contributed by atoms with Crippen LogP contribution in [0.5, 0.6) is 0 Å². The third kappa shape index (κ3) is 3.02. The van der Waals surface area contributed by atoms with Crippen molar-refractivity contribution in [1.82, 2.24) is 24.8 Å². The molecule has 0 bridgehead atoms. The Kier molecular flexibility index (Phi) is 3.90. The van der Waals surface area contributed by atoms with Gasteiger partial charge >= 0.3 is 0 Å². The molecule has 8 nitrogen and oxygen atoms in total. The topological polar surface area (TPSA) is 100 Å². The summed E-state index contributed by atoms with van der Waals surface area (Å²) in [4.78, 5) is 44.6. The minimum atomic E-state index is -0.323. The zero-order valence-electron chi connectivity index (χ0n) is 14.7. The summed E-state index contributed by atoms with van der Waals surface area (Å²) in [7, 11) is 1.92. The van der Waals surface area contributed by atoms with E-state index in [9.17, 15) is 14.4 Å². The van der Waals surface area contributed by atoms with Crippen LogP contribution >= 0.6 is 0 Å². The Morgan fingerprint density at radius 3 is 2.69 bits per heavy atom. The van der Waals surface area contributed by atoms with Crippen molar-refractivity contribution in [3.63, 3.8) is 0 Å². The lowest BCUT2D eigenvalue weighted by Gasteiger charge is -2.20. The summed E-state index contributed by atoms with van der Waals surface area (Å²) < 4.78 is 1.93. The largest absolute Gasteiger partial charge is 0.354 e. The molecule has 3 heterocycles. The van der Waals surface area contributed by atoms with Gasteiger partial charge in [0.15, 0.2) is 0 Å². The first kappa shape index (κ1) is 16.6. The highest BCUT2D eigenvalue weighted by Crippen LogP contribution is 2.45. The molecule has 2 N–H and O–H groups in total. The summed E-state index contributed by atoms with van der Waals surface area (Å²) in [6.07, 6.45) is 2.28. The summed E-state index contributed by atoms with van der Waals surface area (Å²) in [5.41, 5.74) is 0.828. The van der Waals surface area contributed by atoms with Crippen LogP contribution in [0.3, 0.4) is 0 Å². The van der Waals surface area contributed by atoms with Crippen molar-refractivity contribution in [2.45, 2.75) is 19.4 Å². The Balaban J connectivity index is 1.32. The fourth-order valence-electron chi connectivity index (χ4n) is 3.84. The molecular weight excluding hydrogens is 334 g/mol. The Bertz CT molecular complexity index is 919. The third-order valence-electron chi connectivity index (χ3n) is 5.28. The van der Waals surface area contributed by atoms with Crippen LogP contribution in [-0.2, 0) is 18.3 Å². The van der Waals surface area contributed by atoms with Gasteiger partial charge in [-0.25, -0.2) is 4.98 Å². The first-order chi connectivity index (χ1) is 12.4.